The number of benzene rings is 1. The predicted octanol–water partition coefficient (Wildman–Crippen LogP) is 3.88. The largest absolute Gasteiger partial charge is 0.376 e. The van der Waals surface area contributed by atoms with E-state index in [9.17, 15) is 5.11 Å². The summed E-state index contributed by atoms with van der Waals surface area (Å²) in [4.78, 5) is 1.38. The number of hydrogen-bond donors (Lipinski definition) is 2. The van der Waals surface area contributed by atoms with Crippen LogP contribution in [0.5, 0.6) is 0 Å². The first-order valence-corrected chi connectivity index (χ1v) is 8.85. The molecule has 1 aromatic rings. The Morgan fingerprint density at radius 2 is 1.95 bits per heavy atom. The minimum Gasteiger partial charge on any atom is -0.376 e. The van der Waals surface area contributed by atoms with Crippen LogP contribution in [0.4, 0.5) is 0 Å². The highest BCUT2D eigenvalue weighted by atomic mass is 32.2. The third-order valence-corrected chi connectivity index (χ3v) is 5.97. The molecule has 0 amide bonds. The van der Waals surface area contributed by atoms with Gasteiger partial charge in [0.2, 0.25) is 0 Å². The lowest BCUT2D eigenvalue weighted by Crippen LogP contribution is -2.50. The summed E-state index contributed by atoms with van der Waals surface area (Å²) in [6.45, 7) is 0. The van der Waals surface area contributed by atoms with Gasteiger partial charge in [0.1, 0.15) is 5.72 Å². The molecule has 0 aliphatic heterocycles. The van der Waals surface area contributed by atoms with Crippen molar-refractivity contribution in [3.63, 3.8) is 0 Å². The lowest BCUT2D eigenvalue weighted by Gasteiger charge is -2.40. The molecular weight excluding hydrogens is 266 g/mol. The normalized spacial score (nSPS) is 31.0. The summed E-state index contributed by atoms with van der Waals surface area (Å²) in [5.74, 6) is 2.62. The van der Waals surface area contributed by atoms with Crippen molar-refractivity contribution in [2.75, 3.05) is 5.75 Å². The molecule has 0 aromatic heterocycles. The summed E-state index contributed by atoms with van der Waals surface area (Å²) in [6.07, 6.45) is 8.49. The Labute approximate surface area is 126 Å². The van der Waals surface area contributed by atoms with Crippen LogP contribution in [-0.2, 0) is 0 Å². The SMILES string of the molecule is NC1(O)CC(c2cccc(SCC3CCCCC3)c2)C1. The molecule has 2 fully saturated rings. The van der Waals surface area contributed by atoms with Crippen molar-refractivity contribution in [1.82, 2.24) is 0 Å². The van der Waals surface area contributed by atoms with E-state index in [0.717, 1.165) is 5.92 Å². The summed E-state index contributed by atoms with van der Waals surface area (Å²) in [5.41, 5.74) is 6.11. The smallest absolute Gasteiger partial charge is 0.114 e. The predicted molar refractivity (Wildman–Crippen MR) is 84.9 cm³/mol. The van der Waals surface area contributed by atoms with Gasteiger partial charge in [0, 0.05) is 10.6 Å². The van der Waals surface area contributed by atoms with Gasteiger partial charge in [-0.1, -0.05) is 31.4 Å². The van der Waals surface area contributed by atoms with Crippen molar-refractivity contribution in [2.45, 2.75) is 61.5 Å². The van der Waals surface area contributed by atoms with Crippen LogP contribution < -0.4 is 5.73 Å². The van der Waals surface area contributed by atoms with Crippen molar-refractivity contribution in [3.8, 4) is 0 Å². The van der Waals surface area contributed by atoms with Crippen LogP contribution in [0.3, 0.4) is 0 Å². The molecule has 1 aromatic carbocycles. The van der Waals surface area contributed by atoms with Gasteiger partial charge in [0.05, 0.1) is 0 Å². The maximum absolute atomic E-state index is 9.66. The second kappa shape index (κ2) is 6.08. The highest BCUT2D eigenvalue weighted by Crippen LogP contribution is 2.42. The molecule has 0 spiro atoms. The quantitative estimate of drug-likeness (QED) is 0.653. The molecule has 2 aliphatic carbocycles. The number of aliphatic hydroxyl groups is 1. The summed E-state index contributed by atoms with van der Waals surface area (Å²) in [7, 11) is 0. The highest BCUT2D eigenvalue weighted by Gasteiger charge is 2.39. The molecule has 110 valence electrons. The van der Waals surface area contributed by atoms with Crippen molar-refractivity contribution in [2.24, 2.45) is 11.7 Å². The second-order valence-corrected chi connectivity index (χ2v) is 7.69. The van der Waals surface area contributed by atoms with Crippen molar-refractivity contribution < 1.29 is 5.11 Å². The third kappa shape index (κ3) is 3.57. The average molecular weight is 291 g/mol. The Morgan fingerprint density at radius 3 is 2.65 bits per heavy atom. The van der Waals surface area contributed by atoms with Crippen molar-refractivity contribution in [1.29, 1.82) is 0 Å². The molecule has 2 saturated carbocycles. The number of thioether (sulfide) groups is 1. The van der Waals surface area contributed by atoms with E-state index >= 15 is 0 Å². The molecule has 3 rings (SSSR count). The van der Waals surface area contributed by atoms with Gasteiger partial charge in [-0.25, -0.2) is 0 Å². The zero-order valence-electron chi connectivity index (χ0n) is 12.1. The fourth-order valence-corrected chi connectivity index (χ4v) is 4.61. The lowest BCUT2D eigenvalue weighted by atomic mass is 9.73. The van der Waals surface area contributed by atoms with Crippen molar-refractivity contribution in [3.05, 3.63) is 29.8 Å². The summed E-state index contributed by atoms with van der Waals surface area (Å²) >= 11 is 2.00. The van der Waals surface area contributed by atoms with Gasteiger partial charge in [0.25, 0.3) is 0 Å². The first-order valence-electron chi connectivity index (χ1n) is 7.86. The van der Waals surface area contributed by atoms with E-state index in [1.165, 1.54) is 48.3 Å². The number of rotatable bonds is 4. The van der Waals surface area contributed by atoms with Gasteiger partial charge < -0.3 is 10.8 Å². The van der Waals surface area contributed by atoms with E-state index in [1.807, 2.05) is 11.8 Å². The fraction of sp³-hybridized carbons (Fsp3) is 0.647. The van der Waals surface area contributed by atoms with Crippen LogP contribution in [0.15, 0.2) is 29.2 Å². The van der Waals surface area contributed by atoms with Crippen LogP contribution in [-0.4, -0.2) is 16.6 Å². The first kappa shape index (κ1) is 14.4. The van der Waals surface area contributed by atoms with E-state index in [1.54, 1.807) is 0 Å². The fourth-order valence-electron chi connectivity index (χ4n) is 3.46. The van der Waals surface area contributed by atoms with Crippen LogP contribution in [0.25, 0.3) is 0 Å². The van der Waals surface area contributed by atoms with Gasteiger partial charge in [-0.15, -0.1) is 11.8 Å². The van der Waals surface area contributed by atoms with E-state index in [2.05, 4.69) is 24.3 Å². The number of nitrogens with two attached hydrogens (primary N) is 1. The molecule has 0 atom stereocenters. The molecule has 0 radical (unpaired) electrons. The Kier molecular flexibility index (Phi) is 4.39. The molecule has 0 saturated heterocycles. The van der Waals surface area contributed by atoms with Gasteiger partial charge >= 0.3 is 0 Å². The van der Waals surface area contributed by atoms with E-state index in [-0.39, 0.29) is 0 Å². The molecule has 20 heavy (non-hydrogen) atoms. The zero-order valence-corrected chi connectivity index (χ0v) is 12.9. The minimum atomic E-state index is -0.921. The summed E-state index contributed by atoms with van der Waals surface area (Å²) in [6, 6.07) is 8.83. The highest BCUT2D eigenvalue weighted by molar-refractivity contribution is 7.99. The molecule has 0 unspecified atom stereocenters. The van der Waals surface area contributed by atoms with E-state index in [4.69, 9.17) is 5.73 Å². The summed E-state index contributed by atoms with van der Waals surface area (Å²) < 4.78 is 0. The lowest BCUT2D eigenvalue weighted by molar-refractivity contribution is -0.0430. The molecule has 3 N–H and O–H groups in total. The molecule has 0 bridgehead atoms. The van der Waals surface area contributed by atoms with Crippen LogP contribution >= 0.6 is 11.8 Å². The molecule has 2 aliphatic rings. The Balaban J connectivity index is 1.54. The third-order valence-electron chi connectivity index (χ3n) is 4.74. The maximum Gasteiger partial charge on any atom is 0.114 e. The van der Waals surface area contributed by atoms with Crippen LogP contribution in [0, 0.1) is 5.92 Å². The average Bonchev–Trinajstić information content (AvgIpc) is 2.44. The maximum atomic E-state index is 9.66. The molecule has 3 heteroatoms. The van der Waals surface area contributed by atoms with Gasteiger partial charge in [-0.05, 0) is 55.2 Å². The Morgan fingerprint density at radius 1 is 1.20 bits per heavy atom. The molecular formula is C17H25NOS. The van der Waals surface area contributed by atoms with Crippen molar-refractivity contribution >= 4 is 11.8 Å². The standard InChI is InChI=1S/C17H25NOS/c18-17(19)10-15(11-17)14-7-4-8-16(9-14)20-12-13-5-2-1-3-6-13/h4,7-9,13,15,19H,1-3,5-6,10-12,18H2. The first-order chi connectivity index (χ1) is 9.62. The van der Waals surface area contributed by atoms with Gasteiger partial charge in [-0.3, -0.25) is 0 Å². The minimum absolute atomic E-state index is 0.445. The van der Waals surface area contributed by atoms with E-state index in [0.29, 0.717) is 18.8 Å². The monoisotopic (exact) mass is 291 g/mol. The van der Waals surface area contributed by atoms with Crippen LogP contribution in [0.1, 0.15) is 56.4 Å². The van der Waals surface area contributed by atoms with Crippen LogP contribution in [0.2, 0.25) is 0 Å². The molecule has 2 nitrogen and oxygen atoms in total. The zero-order chi connectivity index (χ0) is 14.0. The summed E-state index contributed by atoms with van der Waals surface area (Å²) in [5, 5.41) is 9.66. The second-order valence-electron chi connectivity index (χ2n) is 6.60. The topological polar surface area (TPSA) is 46.2 Å². The Hall–Kier alpha value is -0.510. The molecule has 0 heterocycles. The van der Waals surface area contributed by atoms with E-state index < -0.39 is 5.72 Å². The van der Waals surface area contributed by atoms with Gasteiger partial charge in [0.15, 0.2) is 0 Å². The van der Waals surface area contributed by atoms with Gasteiger partial charge in [-0.2, -0.15) is 0 Å². The Bertz CT molecular complexity index is 446. The number of hydrogen-bond acceptors (Lipinski definition) is 3.